The van der Waals surface area contributed by atoms with Crippen LogP contribution in [0, 0.1) is 12.8 Å². The Morgan fingerprint density at radius 3 is 2.43 bits per heavy atom. The van der Waals surface area contributed by atoms with Crippen LogP contribution in [-0.4, -0.2) is 28.8 Å². The van der Waals surface area contributed by atoms with Crippen molar-refractivity contribution in [3.63, 3.8) is 0 Å². The van der Waals surface area contributed by atoms with Gasteiger partial charge in [0.2, 0.25) is 0 Å². The molecule has 5 rings (SSSR count). The van der Waals surface area contributed by atoms with Gasteiger partial charge in [0.05, 0.1) is 40.4 Å². The fourth-order valence-corrected chi connectivity index (χ4v) is 6.19. The van der Waals surface area contributed by atoms with E-state index in [4.69, 9.17) is 19.2 Å². The zero-order chi connectivity index (χ0) is 25.8. The number of carboxylic acid groups (broad SMARTS) is 1. The van der Waals surface area contributed by atoms with Crippen molar-refractivity contribution in [3.05, 3.63) is 64.8 Å². The summed E-state index contributed by atoms with van der Waals surface area (Å²) in [5.41, 5.74) is 2.74. The summed E-state index contributed by atoms with van der Waals surface area (Å²) in [6.45, 7) is 12.9. The molecule has 0 N–H and O–H groups in total. The summed E-state index contributed by atoms with van der Waals surface area (Å²) in [6, 6.07) is 13.3. The number of rotatable bonds is 5. The van der Waals surface area contributed by atoms with E-state index in [2.05, 4.69) is 34.6 Å². The second-order valence-corrected chi connectivity index (χ2v) is 11.6. The van der Waals surface area contributed by atoms with Crippen molar-refractivity contribution in [2.75, 3.05) is 6.61 Å². The molecule has 7 heteroatoms. The van der Waals surface area contributed by atoms with Gasteiger partial charge in [-0.3, -0.25) is 0 Å². The van der Waals surface area contributed by atoms with Crippen LogP contribution in [0.3, 0.4) is 0 Å². The molecule has 1 aromatic heterocycles. The van der Waals surface area contributed by atoms with Gasteiger partial charge < -0.3 is 24.1 Å². The molecule has 0 aliphatic carbocycles. The molecule has 6 nitrogen and oxygen atoms in total. The van der Waals surface area contributed by atoms with E-state index in [1.807, 2.05) is 43.3 Å². The maximum absolute atomic E-state index is 12.4. The largest absolute Gasteiger partial charge is 1.00 e. The van der Waals surface area contributed by atoms with Crippen LogP contribution in [-0.2, 0) is 4.74 Å². The number of carbonyl (C=O) groups excluding carboxylic acids is 1. The predicted molar refractivity (Wildman–Crippen MR) is 136 cm³/mol. The fraction of sp³-hybridized carbons (Fsp3) is 0.467. The molecule has 0 amide bonds. The quantitative estimate of drug-likeness (QED) is 0.490. The van der Waals surface area contributed by atoms with Gasteiger partial charge in [-0.2, -0.15) is 0 Å². The van der Waals surface area contributed by atoms with Crippen molar-refractivity contribution in [1.82, 2.24) is 4.98 Å². The Hall–Kier alpha value is -2.12. The number of carbonyl (C=O) groups is 1. The smallest absolute Gasteiger partial charge is 0.545 e. The number of hydrogen-bond acceptors (Lipinski definition) is 6. The number of ether oxygens (including phenoxy) is 3. The van der Waals surface area contributed by atoms with Gasteiger partial charge in [-0.25, -0.2) is 4.98 Å². The summed E-state index contributed by atoms with van der Waals surface area (Å²) in [7, 11) is 0. The normalized spacial score (nSPS) is 22.1. The van der Waals surface area contributed by atoms with E-state index in [-0.39, 0.29) is 64.3 Å². The minimum absolute atomic E-state index is 0. The van der Waals surface area contributed by atoms with Crippen LogP contribution < -0.4 is 44.1 Å². The van der Waals surface area contributed by atoms with E-state index in [0.29, 0.717) is 29.0 Å². The third-order valence-corrected chi connectivity index (χ3v) is 7.36. The van der Waals surface area contributed by atoms with Gasteiger partial charge in [-0.1, -0.05) is 31.2 Å². The Kier molecular flexibility index (Phi) is 7.70. The first-order chi connectivity index (χ1) is 16.9. The number of fused-ring (bicyclic) bond motifs is 2. The summed E-state index contributed by atoms with van der Waals surface area (Å²) in [5.74, 6) is 0.393. The molecule has 37 heavy (non-hydrogen) atoms. The summed E-state index contributed by atoms with van der Waals surface area (Å²) in [4.78, 5) is 17.3. The second-order valence-electron chi connectivity index (χ2n) is 11.6. The van der Waals surface area contributed by atoms with Gasteiger partial charge in [0.15, 0.2) is 0 Å². The van der Waals surface area contributed by atoms with E-state index in [1.165, 1.54) is 0 Å². The topological polar surface area (TPSA) is 80.7 Å². The molecular weight excluding hydrogens is 477 g/mol. The summed E-state index contributed by atoms with van der Waals surface area (Å²) in [6.07, 6.45) is 1.36. The molecule has 2 unspecified atom stereocenters. The van der Waals surface area contributed by atoms with E-state index in [1.54, 1.807) is 6.07 Å². The van der Waals surface area contributed by atoms with Crippen molar-refractivity contribution in [2.45, 2.75) is 77.6 Å². The summed E-state index contributed by atoms with van der Waals surface area (Å²) in [5, 5.41) is 12.8. The van der Waals surface area contributed by atoms with E-state index < -0.39 is 5.97 Å². The van der Waals surface area contributed by atoms with Crippen LogP contribution in [0.5, 0.6) is 11.5 Å². The average molecular weight is 512 g/mol. The molecule has 1 saturated heterocycles. The first-order valence-corrected chi connectivity index (χ1v) is 12.7. The van der Waals surface area contributed by atoms with Crippen LogP contribution in [0.2, 0.25) is 0 Å². The number of aromatic carboxylic acids is 1. The second kappa shape index (κ2) is 10.2. The third kappa shape index (κ3) is 5.53. The molecule has 3 aromatic rings. The number of carboxylic acids is 1. The molecular formula is C30H34NNaO5. The first-order valence-electron chi connectivity index (χ1n) is 12.7. The number of aryl methyl sites for hydroxylation is 1. The monoisotopic (exact) mass is 511 g/mol. The molecule has 0 bridgehead atoms. The maximum atomic E-state index is 12.4. The number of nitrogens with zero attached hydrogens (tertiary/aromatic N) is 1. The number of pyridine rings is 1. The van der Waals surface area contributed by atoms with Crippen LogP contribution in [0.4, 0.5) is 0 Å². The Morgan fingerprint density at radius 1 is 1.11 bits per heavy atom. The molecule has 0 saturated carbocycles. The van der Waals surface area contributed by atoms with E-state index in [0.717, 1.165) is 29.7 Å². The first kappa shape index (κ1) is 27.9. The van der Waals surface area contributed by atoms with Gasteiger partial charge in [0.1, 0.15) is 17.6 Å². The minimum Gasteiger partial charge on any atom is -0.545 e. The van der Waals surface area contributed by atoms with E-state index >= 15 is 0 Å². The summed E-state index contributed by atoms with van der Waals surface area (Å²) >= 11 is 0. The van der Waals surface area contributed by atoms with Gasteiger partial charge in [-0.15, -0.1) is 0 Å². The Labute approximate surface area is 241 Å². The predicted octanol–water partition coefficient (Wildman–Crippen LogP) is 2.51. The fourth-order valence-electron chi connectivity index (χ4n) is 6.19. The molecule has 0 spiro atoms. The molecule has 0 radical (unpaired) electrons. The number of para-hydroxylation sites is 1. The number of aromatic nitrogens is 1. The van der Waals surface area contributed by atoms with E-state index in [9.17, 15) is 9.90 Å². The minimum atomic E-state index is -1.25. The van der Waals surface area contributed by atoms with Gasteiger partial charge in [0.25, 0.3) is 0 Å². The molecule has 1 fully saturated rings. The molecule has 2 aliphatic heterocycles. The number of hydrogen-bond donors (Lipinski definition) is 0. The van der Waals surface area contributed by atoms with Crippen molar-refractivity contribution in [3.8, 4) is 11.5 Å². The van der Waals surface area contributed by atoms with Crippen LogP contribution in [0.1, 0.15) is 86.7 Å². The zero-order valence-electron chi connectivity index (χ0n) is 22.9. The number of benzene rings is 2. The molecule has 190 valence electrons. The average Bonchev–Trinajstić information content (AvgIpc) is 3.13. The van der Waals surface area contributed by atoms with Gasteiger partial charge in [0, 0.05) is 17.0 Å². The van der Waals surface area contributed by atoms with Crippen molar-refractivity contribution in [2.24, 2.45) is 5.92 Å². The summed E-state index contributed by atoms with van der Waals surface area (Å²) < 4.78 is 18.7. The Morgan fingerprint density at radius 2 is 1.78 bits per heavy atom. The Bertz CT molecular complexity index is 1320. The van der Waals surface area contributed by atoms with Crippen LogP contribution in [0.25, 0.3) is 10.9 Å². The SMILES string of the molecule is Cc1ccc(OCC2CC(C)(C)OC(C)(C)C2)c2c(C(=O)[O-])cc(C3Oc4ccccc4C3C)nc12.[Na+]. The van der Waals surface area contributed by atoms with Crippen molar-refractivity contribution >= 4 is 16.9 Å². The van der Waals surface area contributed by atoms with Crippen molar-refractivity contribution < 1.29 is 53.7 Å². The zero-order valence-corrected chi connectivity index (χ0v) is 24.9. The van der Waals surface area contributed by atoms with Gasteiger partial charge in [-0.05, 0) is 77.1 Å². The standard InChI is InChI=1S/C30H35NO5.Na/c1-17-11-12-24(34-16-19-14-29(3,4)36-30(5,6)15-19)25-21(28(32)33)13-22(31-26(17)25)27-18(2)20-9-7-8-10-23(20)35-27;/h7-13,18-19,27H,14-16H2,1-6H3,(H,32,33);/q;+1/p-1. The van der Waals surface area contributed by atoms with Crippen LogP contribution in [0.15, 0.2) is 42.5 Å². The Balaban J connectivity index is 0.00000320. The third-order valence-electron chi connectivity index (χ3n) is 7.36. The molecule has 3 heterocycles. The molecule has 2 aliphatic rings. The maximum Gasteiger partial charge on any atom is 1.00 e. The van der Waals surface area contributed by atoms with Crippen molar-refractivity contribution in [1.29, 1.82) is 0 Å². The van der Waals surface area contributed by atoms with Crippen LogP contribution >= 0.6 is 0 Å². The molecule has 2 atom stereocenters. The van der Waals surface area contributed by atoms with Gasteiger partial charge >= 0.3 is 29.6 Å². The molecule has 2 aromatic carbocycles.